The Morgan fingerprint density at radius 3 is 2.41 bits per heavy atom. The zero-order valence-electron chi connectivity index (χ0n) is 12.9. The third kappa shape index (κ3) is 4.06. The number of nitrogens with zero attached hydrogens (tertiary/aromatic N) is 1. The first kappa shape index (κ1) is 16.9. The molecule has 2 rings (SSSR count). The number of ether oxygens (including phenoxy) is 1. The van der Waals surface area contributed by atoms with E-state index < -0.39 is 10.0 Å². The molecular weight excluding hydrogens is 304 g/mol. The first-order valence-corrected chi connectivity index (χ1v) is 8.92. The van der Waals surface area contributed by atoms with Crippen molar-refractivity contribution in [3.63, 3.8) is 0 Å². The van der Waals surface area contributed by atoms with Gasteiger partial charge in [0.1, 0.15) is 0 Å². The van der Waals surface area contributed by atoms with Crippen molar-refractivity contribution in [1.29, 1.82) is 0 Å². The maximum absolute atomic E-state index is 12.3. The quantitative estimate of drug-likeness (QED) is 0.883. The third-order valence-corrected chi connectivity index (χ3v) is 5.28. The van der Waals surface area contributed by atoms with Gasteiger partial charge < -0.3 is 9.64 Å². The van der Waals surface area contributed by atoms with Crippen molar-refractivity contribution in [2.24, 2.45) is 0 Å². The fourth-order valence-corrected chi connectivity index (χ4v) is 3.47. The van der Waals surface area contributed by atoms with Crippen LogP contribution in [-0.2, 0) is 14.8 Å². The molecule has 7 heteroatoms. The van der Waals surface area contributed by atoms with Gasteiger partial charge >= 0.3 is 0 Å². The van der Waals surface area contributed by atoms with Gasteiger partial charge in [0, 0.05) is 24.7 Å². The molecule has 1 aliphatic heterocycles. The molecule has 122 valence electrons. The number of rotatable bonds is 5. The van der Waals surface area contributed by atoms with Crippen molar-refractivity contribution < 1.29 is 17.9 Å². The number of sulfonamides is 1. The summed E-state index contributed by atoms with van der Waals surface area (Å²) in [6, 6.07) is 5.93. The van der Waals surface area contributed by atoms with E-state index in [-0.39, 0.29) is 16.8 Å². The van der Waals surface area contributed by atoms with E-state index in [1.807, 2.05) is 13.8 Å². The second-order valence-electron chi connectivity index (χ2n) is 5.36. The highest BCUT2D eigenvalue weighted by Crippen LogP contribution is 2.14. The second kappa shape index (κ2) is 7.21. The molecule has 1 amide bonds. The molecule has 1 fully saturated rings. The first-order chi connectivity index (χ1) is 10.4. The van der Waals surface area contributed by atoms with Gasteiger partial charge in [-0.15, -0.1) is 0 Å². The van der Waals surface area contributed by atoms with Gasteiger partial charge in [-0.1, -0.05) is 6.92 Å². The molecular formula is C15H22N2O4S. The van der Waals surface area contributed by atoms with Gasteiger partial charge in [-0.3, -0.25) is 4.79 Å². The molecule has 1 heterocycles. The number of nitrogens with one attached hydrogen (secondary N) is 1. The lowest BCUT2D eigenvalue weighted by molar-refractivity contribution is 0.0303. The van der Waals surface area contributed by atoms with E-state index in [1.54, 1.807) is 17.0 Å². The van der Waals surface area contributed by atoms with Gasteiger partial charge in [0.2, 0.25) is 10.0 Å². The fraction of sp³-hybridized carbons (Fsp3) is 0.533. The van der Waals surface area contributed by atoms with Crippen molar-refractivity contribution in [2.75, 3.05) is 26.3 Å². The minimum absolute atomic E-state index is 0.0952. The van der Waals surface area contributed by atoms with Crippen LogP contribution in [0.25, 0.3) is 0 Å². The molecule has 1 aromatic carbocycles. The third-order valence-electron chi connectivity index (χ3n) is 3.68. The average molecular weight is 326 g/mol. The van der Waals surface area contributed by atoms with Crippen LogP contribution in [0.2, 0.25) is 0 Å². The second-order valence-corrected chi connectivity index (χ2v) is 7.07. The fourth-order valence-electron chi connectivity index (χ4n) is 2.14. The number of carbonyl (C=O) groups is 1. The molecule has 0 spiro atoms. The number of carbonyl (C=O) groups excluding carboxylic acids is 1. The first-order valence-electron chi connectivity index (χ1n) is 7.43. The number of benzene rings is 1. The van der Waals surface area contributed by atoms with Crippen molar-refractivity contribution in [2.45, 2.75) is 31.2 Å². The van der Waals surface area contributed by atoms with Gasteiger partial charge in [0.15, 0.2) is 0 Å². The maximum Gasteiger partial charge on any atom is 0.254 e. The molecule has 0 bridgehead atoms. The molecule has 6 nitrogen and oxygen atoms in total. The van der Waals surface area contributed by atoms with E-state index in [0.717, 1.165) is 0 Å². The van der Waals surface area contributed by atoms with Crippen molar-refractivity contribution in [3.8, 4) is 0 Å². The topological polar surface area (TPSA) is 75.7 Å². The molecule has 1 saturated heterocycles. The number of morpholine rings is 1. The van der Waals surface area contributed by atoms with E-state index in [1.165, 1.54) is 12.1 Å². The zero-order chi connectivity index (χ0) is 16.2. The van der Waals surface area contributed by atoms with Gasteiger partial charge in [-0.25, -0.2) is 13.1 Å². The van der Waals surface area contributed by atoms with Crippen molar-refractivity contribution in [1.82, 2.24) is 9.62 Å². The standard InChI is InChI=1S/C15H22N2O4S/c1-3-12(2)16-22(19,20)14-6-4-13(5-7-14)15(18)17-8-10-21-11-9-17/h4-7,12,16H,3,8-11H2,1-2H3/t12-/m1/s1. The van der Waals surface area contributed by atoms with Crippen LogP contribution in [0, 0.1) is 0 Å². The smallest absolute Gasteiger partial charge is 0.254 e. The maximum atomic E-state index is 12.3. The Balaban J connectivity index is 2.11. The van der Waals surface area contributed by atoms with E-state index >= 15 is 0 Å². The van der Waals surface area contributed by atoms with Crippen molar-refractivity contribution >= 4 is 15.9 Å². The molecule has 0 unspecified atom stereocenters. The predicted molar refractivity (Wildman–Crippen MR) is 83.2 cm³/mol. The largest absolute Gasteiger partial charge is 0.378 e. The van der Waals surface area contributed by atoms with Gasteiger partial charge in [-0.2, -0.15) is 0 Å². The predicted octanol–water partition coefficient (Wildman–Crippen LogP) is 1.24. The van der Waals surface area contributed by atoms with Crippen LogP contribution in [0.3, 0.4) is 0 Å². The molecule has 0 radical (unpaired) electrons. The summed E-state index contributed by atoms with van der Waals surface area (Å²) >= 11 is 0. The Kier molecular flexibility index (Phi) is 5.55. The molecule has 0 aromatic heterocycles. The van der Waals surface area contributed by atoms with Crippen LogP contribution in [0.5, 0.6) is 0 Å². The van der Waals surface area contributed by atoms with Crippen LogP contribution in [0.1, 0.15) is 30.6 Å². The molecule has 22 heavy (non-hydrogen) atoms. The van der Waals surface area contributed by atoms with Crippen LogP contribution in [-0.4, -0.2) is 51.6 Å². The Labute approximate surface area is 131 Å². The van der Waals surface area contributed by atoms with E-state index in [2.05, 4.69) is 4.72 Å². The highest BCUT2D eigenvalue weighted by Gasteiger charge is 2.20. The molecule has 1 aliphatic rings. The van der Waals surface area contributed by atoms with Crippen LogP contribution >= 0.6 is 0 Å². The lowest BCUT2D eigenvalue weighted by Gasteiger charge is -2.26. The Hall–Kier alpha value is -1.44. The monoisotopic (exact) mass is 326 g/mol. The lowest BCUT2D eigenvalue weighted by Crippen LogP contribution is -2.40. The van der Waals surface area contributed by atoms with Crippen LogP contribution in [0.15, 0.2) is 29.2 Å². The minimum atomic E-state index is -3.53. The summed E-state index contributed by atoms with van der Waals surface area (Å²) in [5.41, 5.74) is 0.490. The molecule has 0 aliphatic carbocycles. The molecule has 1 N–H and O–H groups in total. The summed E-state index contributed by atoms with van der Waals surface area (Å²) < 4.78 is 32.1. The summed E-state index contributed by atoms with van der Waals surface area (Å²) in [5.74, 6) is -0.0952. The molecule has 1 aromatic rings. The van der Waals surface area contributed by atoms with E-state index in [4.69, 9.17) is 4.74 Å². The Bertz CT molecular complexity index is 607. The number of hydrogen-bond acceptors (Lipinski definition) is 4. The lowest BCUT2D eigenvalue weighted by atomic mass is 10.2. The van der Waals surface area contributed by atoms with Crippen LogP contribution < -0.4 is 4.72 Å². The summed E-state index contributed by atoms with van der Waals surface area (Å²) in [6.07, 6.45) is 0.715. The minimum Gasteiger partial charge on any atom is -0.378 e. The van der Waals surface area contributed by atoms with E-state index in [0.29, 0.717) is 38.3 Å². The summed E-state index contributed by atoms with van der Waals surface area (Å²) in [6.45, 7) is 5.93. The summed E-state index contributed by atoms with van der Waals surface area (Å²) in [7, 11) is -3.53. The highest BCUT2D eigenvalue weighted by molar-refractivity contribution is 7.89. The average Bonchev–Trinajstić information content (AvgIpc) is 2.54. The Morgan fingerprint density at radius 2 is 1.86 bits per heavy atom. The SMILES string of the molecule is CC[C@@H](C)NS(=O)(=O)c1ccc(C(=O)N2CCOCC2)cc1. The van der Waals surface area contributed by atoms with Crippen LogP contribution in [0.4, 0.5) is 0 Å². The van der Waals surface area contributed by atoms with Gasteiger partial charge in [-0.05, 0) is 37.6 Å². The molecule has 0 saturated carbocycles. The normalized spacial score (nSPS) is 17.3. The summed E-state index contributed by atoms with van der Waals surface area (Å²) in [5, 5.41) is 0. The number of hydrogen-bond donors (Lipinski definition) is 1. The van der Waals surface area contributed by atoms with Gasteiger partial charge in [0.05, 0.1) is 18.1 Å². The molecule has 1 atom stereocenters. The van der Waals surface area contributed by atoms with E-state index in [9.17, 15) is 13.2 Å². The highest BCUT2D eigenvalue weighted by atomic mass is 32.2. The van der Waals surface area contributed by atoms with Gasteiger partial charge in [0.25, 0.3) is 5.91 Å². The number of amides is 1. The zero-order valence-corrected chi connectivity index (χ0v) is 13.7. The Morgan fingerprint density at radius 1 is 1.27 bits per heavy atom. The summed E-state index contributed by atoms with van der Waals surface area (Å²) in [4.78, 5) is 14.2. The van der Waals surface area contributed by atoms with Crippen molar-refractivity contribution in [3.05, 3.63) is 29.8 Å².